The van der Waals surface area contributed by atoms with E-state index in [0.29, 0.717) is 0 Å². The summed E-state index contributed by atoms with van der Waals surface area (Å²) in [7, 11) is 0. The largest absolute Gasteiger partial charge is 0.243 e. The minimum absolute atomic E-state index is 0.757. The van der Waals surface area contributed by atoms with Crippen molar-refractivity contribution >= 4 is 11.0 Å². The van der Waals surface area contributed by atoms with Crippen molar-refractivity contribution in [1.82, 2.24) is 10.3 Å². The van der Waals surface area contributed by atoms with Crippen LogP contribution in [0.4, 0.5) is 0 Å². The number of hydrogen-bond acceptors (Lipinski definition) is 3. The molecular formula is C7H5N2O. The van der Waals surface area contributed by atoms with Crippen LogP contribution in [0.5, 0.6) is 0 Å². The van der Waals surface area contributed by atoms with Gasteiger partial charge in [-0.1, -0.05) is 6.07 Å². The molecule has 10 heavy (non-hydrogen) atoms. The van der Waals surface area contributed by atoms with Crippen LogP contribution in [0.25, 0.3) is 11.0 Å². The fourth-order valence-electron chi connectivity index (χ4n) is 0.828. The van der Waals surface area contributed by atoms with Gasteiger partial charge in [0.25, 0.3) is 0 Å². The Balaban J connectivity index is 2.86. The molecule has 0 unspecified atom stereocenters. The van der Waals surface area contributed by atoms with Crippen LogP contribution in [0.1, 0.15) is 5.56 Å². The van der Waals surface area contributed by atoms with Crippen molar-refractivity contribution in [2.24, 2.45) is 0 Å². The van der Waals surface area contributed by atoms with Crippen LogP contribution in [0.15, 0.2) is 22.8 Å². The fraction of sp³-hybridized carbons (Fsp3) is 0. The predicted molar refractivity (Wildman–Crippen MR) is 36.3 cm³/mol. The molecule has 0 saturated heterocycles. The number of aromatic nitrogens is 2. The molecule has 0 fully saturated rings. The van der Waals surface area contributed by atoms with E-state index < -0.39 is 0 Å². The molecule has 0 aliphatic carbocycles. The van der Waals surface area contributed by atoms with Crippen LogP contribution in [0, 0.1) is 6.92 Å². The SMILES string of the molecule is [CH2]c1ccc2nonc2c1. The molecule has 0 atom stereocenters. The van der Waals surface area contributed by atoms with E-state index in [1.165, 1.54) is 0 Å². The molecule has 2 rings (SSSR count). The van der Waals surface area contributed by atoms with E-state index in [1.54, 1.807) is 0 Å². The van der Waals surface area contributed by atoms with Gasteiger partial charge in [0.05, 0.1) is 0 Å². The minimum atomic E-state index is 0.757. The van der Waals surface area contributed by atoms with E-state index in [1.807, 2.05) is 18.2 Å². The van der Waals surface area contributed by atoms with E-state index in [2.05, 4.69) is 21.9 Å². The van der Waals surface area contributed by atoms with Crippen LogP contribution in [-0.4, -0.2) is 10.3 Å². The van der Waals surface area contributed by atoms with Gasteiger partial charge in [-0.05, 0) is 34.9 Å². The van der Waals surface area contributed by atoms with Crippen molar-refractivity contribution in [3.63, 3.8) is 0 Å². The Bertz CT molecular complexity index is 353. The number of rotatable bonds is 0. The maximum atomic E-state index is 4.49. The zero-order valence-corrected chi connectivity index (χ0v) is 5.24. The summed E-state index contributed by atoms with van der Waals surface area (Å²) >= 11 is 0. The van der Waals surface area contributed by atoms with E-state index in [9.17, 15) is 0 Å². The summed E-state index contributed by atoms with van der Waals surface area (Å²) in [6.07, 6.45) is 0. The molecule has 3 heteroatoms. The van der Waals surface area contributed by atoms with Crippen molar-refractivity contribution in [3.8, 4) is 0 Å². The highest BCUT2D eigenvalue weighted by Crippen LogP contribution is 2.09. The van der Waals surface area contributed by atoms with E-state index in [4.69, 9.17) is 0 Å². The third kappa shape index (κ3) is 0.673. The maximum absolute atomic E-state index is 4.49. The van der Waals surface area contributed by atoms with Crippen molar-refractivity contribution in [2.45, 2.75) is 0 Å². The third-order valence-electron chi connectivity index (χ3n) is 1.32. The molecule has 3 nitrogen and oxygen atoms in total. The summed E-state index contributed by atoms with van der Waals surface area (Å²) in [4.78, 5) is 0. The molecule has 0 amide bonds. The molecule has 1 radical (unpaired) electrons. The highest BCUT2D eigenvalue weighted by molar-refractivity contribution is 5.73. The second-order valence-corrected chi connectivity index (χ2v) is 2.09. The molecule has 0 bridgehead atoms. The van der Waals surface area contributed by atoms with E-state index in [-0.39, 0.29) is 0 Å². The van der Waals surface area contributed by atoms with Crippen LogP contribution in [0.3, 0.4) is 0 Å². The van der Waals surface area contributed by atoms with Gasteiger partial charge in [-0.25, -0.2) is 4.63 Å². The van der Waals surface area contributed by atoms with Gasteiger partial charge >= 0.3 is 0 Å². The molecule has 49 valence electrons. The number of nitrogens with zero attached hydrogens (tertiary/aromatic N) is 2. The average molecular weight is 133 g/mol. The monoisotopic (exact) mass is 133 g/mol. The first-order valence-corrected chi connectivity index (χ1v) is 2.90. The summed E-state index contributed by atoms with van der Waals surface area (Å²) in [5, 5.41) is 7.30. The van der Waals surface area contributed by atoms with Gasteiger partial charge in [0, 0.05) is 0 Å². The first-order chi connectivity index (χ1) is 4.86. The predicted octanol–water partition coefficient (Wildman–Crippen LogP) is 1.40. The second kappa shape index (κ2) is 1.80. The first-order valence-electron chi connectivity index (χ1n) is 2.90. The lowest BCUT2D eigenvalue weighted by Gasteiger charge is -1.85. The van der Waals surface area contributed by atoms with Gasteiger partial charge in [0.1, 0.15) is 11.0 Å². The summed E-state index contributed by atoms with van der Waals surface area (Å²) in [6.45, 7) is 3.74. The van der Waals surface area contributed by atoms with Gasteiger partial charge < -0.3 is 0 Å². The van der Waals surface area contributed by atoms with Gasteiger partial charge in [-0.2, -0.15) is 0 Å². The molecule has 2 aromatic rings. The topological polar surface area (TPSA) is 38.9 Å². The van der Waals surface area contributed by atoms with Gasteiger partial charge in [-0.3, -0.25) is 0 Å². The highest BCUT2D eigenvalue weighted by Gasteiger charge is 1.96. The molecule has 0 aliphatic rings. The Labute approximate surface area is 57.6 Å². The van der Waals surface area contributed by atoms with Gasteiger partial charge in [0.15, 0.2) is 0 Å². The lowest BCUT2D eigenvalue weighted by molar-refractivity contribution is 0.315. The number of fused-ring (bicyclic) bond motifs is 1. The first kappa shape index (κ1) is 5.41. The molecule has 0 N–H and O–H groups in total. The standard InChI is InChI=1S/C7H5N2O/c1-5-2-3-6-7(4-5)9-10-8-6/h2-4H,1H2. The second-order valence-electron chi connectivity index (χ2n) is 2.09. The molecule has 0 saturated carbocycles. The zero-order valence-electron chi connectivity index (χ0n) is 5.24. The molecule has 1 heterocycles. The minimum Gasteiger partial charge on any atom is -0.243 e. The van der Waals surface area contributed by atoms with E-state index >= 15 is 0 Å². The van der Waals surface area contributed by atoms with Crippen molar-refractivity contribution in [1.29, 1.82) is 0 Å². The fourth-order valence-corrected chi connectivity index (χ4v) is 0.828. The van der Waals surface area contributed by atoms with Gasteiger partial charge in [0.2, 0.25) is 0 Å². The third-order valence-corrected chi connectivity index (χ3v) is 1.32. The normalized spacial score (nSPS) is 10.5. The zero-order chi connectivity index (χ0) is 6.97. The van der Waals surface area contributed by atoms with Crippen LogP contribution in [0.2, 0.25) is 0 Å². The summed E-state index contributed by atoms with van der Waals surface area (Å²) in [5.41, 5.74) is 2.45. The smallest absolute Gasteiger partial charge is 0.135 e. The molecule has 1 aromatic heterocycles. The molecular weight excluding hydrogens is 128 g/mol. The quantitative estimate of drug-likeness (QED) is 0.545. The summed E-state index contributed by atoms with van der Waals surface area (Å²) in [5.74, 6) is 0. The lowest BCUT2D eigenvalue weighted by Crippen LogP contribution is -1.71. The Morgan fingerprint density at radius 2 is 2.00 bits per heavy atom. The van der Waals surface area contributed by atoms with Crippen molar-refractivity contribution < 1.29 is 4.63 Å². The Morgan fingerprint density at radius 3 is 2.90 bits per heavy atom. The van der Waals surface area contributed by atoms with Crippen molar-refractivity contribution in [3.05, 3.63) is 30.7 Å². The molecule has 0 aliphatic heterocycles. The summed E-state index contributed by atoms with van der Waals surface area (Å²) in [6, 6.07) is 5.52. The Morgan fingerprint density at radius 1 is 1.20 bits per heavy atom. The number of hydrogen-bond donors (Lipinski definition) is 0. The van der Waals surface area contributed by atoms with Crippen molar-refractivity contribution in [2.75, 3.05) is 0 Å². The Kier molecular flexibility index (Phi) is 0.974. The van der Waals surface area contributed by atoms with Crippen LogP contribution >= 0.6 is 0 Å². The molecule has 0 spiro atoms. The van der Waals surface area contributed by atoms with Gasteiger partial charge in [-0.15, -0.1) is 0 Å². The summed E-state index contributed by atoms with van der Waals surface area (Å²) < 4.78 is 4.49. The lowest BCUT2D eigenvalue weighted by atomic mass is 10.2. The average Bonchev–Trinajstić information content (AvgIpc) is 2.33. The van der Waals surface area contributed by atoms with Crippen LogP contribution in [-0.2, 0) is 0 Å². The Hall–Kier alpha value is -1.38. The maximum Gasteiger partial charge on any atom is 0.135 e. The number of benzene rings is 1. The van der Waals surface area contributed by atoms with Crippen LogP contribution < -0.4 is 0 Å². The highest BCUT2D eigenvalue weighted by atomic mass is 16.6. The molecule has 1 aromatic carbocycles. The van der Waals surface area contributed by atoms with E-state index in [0.717, 1.165) is 16.6 Å².